The number of rotatable bonds is 4. The van der Waals surface area contributed by atoms with Crippen molar-refractivity contribution in [2.75, 3.05) is 26.0 Å². The van der Waals surface area contributed by atoms with Crippen molar-refractivity contribution < 1.29 is 14.3 Å². The zero-order valence-corrected chi connectivity index (χ0v) is 14.7. The second-order valence-corrected chi connectivity index (χ2v) is 7.09. The number of methoxy groups -OCH3 is 1. The summed E-state index contributed by atoms with van der Waals surface area (Å²) < 4.78 is 10.8. The number of thiophene rings is 1. The fraction of sp³-hybridized carbons (Fsp3) is 0.333. The first-order valence-corrected chi connectivity index (χ1v) is 9.04. The van der Waals surface area contributed by atoms with Gasteiger partial charge in [0, 0.05) is 30.0 Å². The summed E-state index contributed by atoms with van der Waals surface area (Å²) in [6.45, 7) is 1.28. The average molecular weight is 357 g/mol. The molecule has 3 N–H and O–H groups in total. The van der Waals surface area contributed by atoms with E-state index in [0.29, 0.717) is 17.1 Å². The van der Waals surface area contributed by atoms with E-state index in [9.17, 15) is 4.79 Å². The Morgan fingerprint density at radius 2 is 2.36 bits per heavy atom. The van der Waals surface area contributed by atoms with Gasteiger partial charge in [0.25, 0.3) is 5.91 Å². The number of carbonyl (C=O) groups is 1. The fourth-order valence-corrected chi connectivity index (χ4v) is 4.06. The Hall–Kier alpha value is -2.38. The molecule has 1 amide bonds. The largest absolute Gasteiger partial charge is 0.497 e. The van der Waals surface area contributed by atoms with E-state index in [1.807, 2.05) is 24.3 Å². The molecule has 0 aliphatic carbocycles. The van der Waals surface area contributed by atoms with Gasteiger partial charge in [-0.05, 0) is 31.0 Å². The van der Waals surface area contributed by atoms with Crippen LogP contribution >= 0.6 is 11.3 Å². The lowest BCUT2D eigenvalue weighted by atomic mass is 10.1. The van der Waals surface area contributed by atoms with Crippen LogP contribution in [0.2, 0.25) is 0 Å². The fourth-order valence-electron chi connectivity index (χ4n) is 3.06. The molecule has 0 radical (unpaired) electrons. The maximum absolute atomic E-state index is 12.5. The molecule has 1 unspecified atom stereocenters. The monoisotopic (exact) mass is 357 g/mol. The number of anilines is 1. The number of nitrogens with two attached hydrogens (primary N) is 1. The minimum atomic E-state index is -0.169. The minimum absolute atomic E-state index is 0.104. The van der Waals surface area contributed by atoms with Crippen LogP contribution in [0.15, 0.2) is 24.3 Å². The first kappa shape index (κ1) is 16.1. The molecule has 0 bridgehead atoms. The van der Waals surface area contributed by atoms with Gasteiger partial charge in [-0.3, -0.25) is 4.79 Å². The van der Waals surface area contributed by atoms with Gasteiger partial charge in [0.15, 0.2) is 0 Å². The van der Waals surface area contributed by atoms with Crippen LogP contribution in [-0.4, -0.2) is 37.3 Å². The van der Waals surface area contributed by atoms with E-state index in [1.165, 1.54) is 11.3 Å². The first-order valence-electron chi connectivity index (χ1n) is 8.22. The zero-order chi connectivity index (χ0) is 17.4. The summed E-state index contributed by atoms with van der Waals surface area (Å²) in [5.41, 5.74) is 7.52. The summed E-state index contributed by atoms with van der Waals surface area (Å²) in [6.07, 6.45) is 2.13. The van der Waals surface area contributed by atoms with E-state index in [1.54, 1.807) is 7.11 Å². The van der Waals surface area contributed by atoms with Crippen molar-refractivity contribution in [1.29, 1.82) is 0 Å². The molecule has 1 aromatic carbocycles. The normalized spacial score (nSPS) is 17.2. The summed E-state index contributed by atoms with van der Waals surface area (Å²) >= 11 is 1.31. The maximum Gasteiger partial charge on any atom is 0.263 e. The molecule has 2 aromatic heterocycles. The van der Waals surface area contributed by atoms with Gasteiger partial charge in [-0.15, -0.1) is 11.3 Å². The molecule has 1 aliphatic heterocycles. The molecule has 130 valence electrons. The number of fused-ring (bicyclic) bond motifs is 2. The summed E-state index contributed by atoms with van der Waals surface area (Å²) in [5, 5.41) is 4.69. The van der Waals surface area contributed by atoms with Crippen molar-refractivity contribution in [3.8, 4) is 5.75 Å². The number of pyridine rings is 1. The van der Waals surface area contributed by atoms with Crippen LogP contribution in [-0.2, 0) is 4.74 Å². The van der Waals surface area contributed by atoms with Crippen LogP contribution in [0.25, 0.3) is 21.1 Å². The highest BCUT2D eigenvalue weighted by Crippen LogP contribution is 2.35. The van der Waals surface area contributed by atoms with Crippen LogP contribution in [0.3, 0.4) is 0 Å². The van der Waals surface area contributed by atoms with Crippen LogP contribution in [0.1, 0.15) is 22.5 Å². The number of amides is 1. The van der Waals surface area contributed by atoms with E-state index in [0.717, 1.165) is 46.3 Å². The first-order chi connectivity index (χ1) is 12.2. The number of ether oxygens (including phenoxy) is 2. The molecule has 6 nitrogen and oxygen atoms in total. The number of nitrogens with zero attached hydrogens (tertiary/aromatic N) is 1. The zero-order valence-electron chi connectivity index (χ0n) is 13.9. The van der Waals surface area contributed by atoms with E-state index in [4.69, 9.17) is 15.2 Å². The molecule has 3 aromatic rings. The average Bonchev–Trinajstić information content (AvgIpc) is 3.26. The Labute approximate surface area is 148 Å². The van der Waals surface area contributed by atoms with Crippen LogP contribution in [0.4, 0.5) is 5.69 Å². The standard InChI is InChI=1S/C18H19N3O3S/c1-23-11-5-4-10-7-13-15(19)16(25-18(13)21-14(10)8-11)17(22)20-9-12-3-2-6-24-12/h4-5,7-8,12H,2-3,6,9,19H2,1H3,(H,20,22). The summed E-state index contributed by atoms with van der Waals surface area (Å²) in [7, 11) is 1.62. The van der Waals surface area contributed by atoms with Crippen molar-refractivity contribution in [3.63, 3.8) is 0 Å². The molecule has 0 spiro atoms. The molecule has 7 heteroatoms. The van der Waals surface area contributed by atoms with Gasteiger partial charge in [-0.25, -0.2) is 4.98 Å². The molecule has 0 saturated carbocycles. The predicted molar refractivity (Wildman–Crippen MR) is 99.4 cm³/mol. The third-order valence-electron chi connectivity index (χ3n) is 4.44. The number of hydrogen-bond donors (Lipinski definition) is 2. The highest BCUT2D eigenvalue weighted by molar-refractivity contribution is 7.21. The molecule has 1 saturated heterocycles. The molecular weight excluding hydrogens is 338 g/mol. The molecular formula is C18H19N3O3S. The smallest absolute Gasteiger partial charge is 0.263 e. The quantitative estimate of drug-likeness (QED) is 0.750. The molecule has 1 aliphatic rings. The van der Waals surface area contributed by atoms with Gasteiger partial charge in [-0.1, -0.05) is 0 Å². The maximum atomic E-state index is 12.5. The van der Waals surface area contributed by atoms with Crippen molar-refractivity contribution in [1.82, 2.24) is 10.3 Å². The lowest BCUT2D eigenvalue weighted by molar-refractivity contribution is 0.0862. The Balaban J connectivity index is 1.65. The van der Waals surface area contributed by atoms with Crippen molar-refractivity contribution >= 4 is 44.1 Å². The summed E-state index contributed by atoms with van der Waals surface area (Å²) in [6, 6.07) is 7.67. The lowest BCUT2D eigenvalue weighted by Crippen LogP contribution is -2.31. The second-order valence-electron chi connectivity index (χ2n) is 6.09. The van der Waals surface area contributed by atoms with Crippen molar-refractivity contribution in [3.05, 3.63) is 29.1 Å². The molecule has 3 heterocycles. The number of benzene rings is 1. The molecule has 4 rings (SSSR count). The lowest BCUT2D eigenvalue weighted by Gasteiger charge is -2.10. The van der Waals surface area contributed by atoms with Gasteiger partial charge in [0.05, 0.1) is 24.4 Å². The predicted octanol–water partition coefficient (Wildman–Crippen LogP) is 2.95. The Morgan fingerprint density at radius 3 is 3.12 bits per heavy atom. The summed E-state index contributed by atoms with van der Waals surface area (Å²) in [5.74, 6) is 0.580. The van der Waals surface area contributed by atoms with Crippen LogP contribution in [0, 0.1) is 0 Å². The number of aromatic nitrogens is 1. The van der Waals surface area contributed by atoms with Crippen LogP contribution < -0.4 is 15.8 Å². The third kappa shape index (κ3) is 3.01. The van der Waals surface area contributed by atoms with Gasteiger partial charge >= 0.3 is 0 Å². The number of nitrogens with one attached hydrogen (secondary N) is 1. The Bertz CT molecular complexity index is 948. The highest BCUT2D eigenvalue weighted by atomic mass is 32.1. The topological polar surface area (TPSA) is 86.5 Å². The Kier molecular flexibility index (Phi) is 4.19. The molecule has 1 fully saturated rings. The van der Waals surface area contributed by atoms with Gasteiger partial charge in [0.2, 0.25) is 0 Å². The Morgan fingerprint density at radius 1 is 1.48 bits per heavy atom. The minimum Gasteiger partial charge on any atom is -0.497 e. The van der Waals surface area contributed by atoms with Crippen LogP contribution in [0.5, 0.6) is 5.75 Å². The van der Waals surface area contributed by atoms with Crippen molar-refractivity contribution in [2.45, 2.75) is 18.9 Å². The van der Waals surface area contributed by atoms with Gasteiger partial charge in [0.1, 0.15) is 15.5 Å². The third-order valence-corrected chi connectivity index (χ3v) is 5.56. The molecule has 1 atom stereocenters. The van der Waals surface area contributed by atoms with Gasteiger partial charge < -0.3 is 20.5 Å². The SMILES string of the molecule is COc1ccc2cc3c(N)c(C(=O)NCC4CCCO4)sc3nc2c1. The number of hydrogen-bond acceptors (Lipinski definition) is 6. The van der Waals surface area contributed by atoms with Crippen molar-refractivity contribution in [2.24, 2.45) is 0 Å². The number of nitrogen functional groups attached to an aromatic ring is 1. The van der Waals surface area contributed by atoms with E-state index in [2.05, 4.69) is 10.3 Å². The summed E-state index contributed by atoms with van der Waals surface area (Å²) in [4.78, 5) is 18.4. The van der Waals surface area contributed by atoms with E-state index >= 15 is 0 Å². The number of carbonyl (C=O) groups excluding carboxylic acids is 1. The van der Waals surface area contributed by atoms with E-state index in [-0.39, 0.29) is 12.0 Å². The molecule has 25 heavy (non-hydrogen) atoms. The van der Waals surface area contributed by atoms with Gasteiger partial charge in [-0.2, -0.15) is 0 Å². The second kappa shape index (κ2) is 6.50. The van der Waals surface area contributed by atoms with E-state index < -0.39 is 0 Å². The highest BCUT2D eigenvalue weighted by Gasteiger charge is 2.21.